The third-order valence-electron chi connectivity index (χ3n) is 3.68. The molecule has 94 valence electrons. The first-order valence-electron chi connectivity index (χ1n) is 6.21. The second-order valence-corrected chi connectivity index (χ2v) is 5.91. The van der Waals surface area contributed by atoms with Crippen LogP contribution in [0.3, 0.4) is 0 Å². The lowest BCUT2D eigenvalue weighted by molar-refractivity contribution is 0.233. The van der Waals surface area contributed by atoms with Crippen molar-refractivity contribution in [1.29, 1.82) is 0 Å². The molecule has 17 heavy (non-hydrogen) atoms. The van der Waals surface area contributed by atoms with Crippen LogP contribution in [0.1, 0.15) is 38.2 Å². The maximum atomic E-state index is 13.7. The molecule has 0 amide bonds. The molecule has 2 atom stereocenters. The van der Waals surface area contributed by atoms with E-state index in [0.717, 1.165) is 19.3 Å². The lowest BCUT2D eigenvalue weighted by Crippen LogP contribution is -2.46. The Morgan fingerprint density at radius 2 is 2.29 bits per heavy atom. The van der Waals surface area contributed by atoms with Crippen LogP contribution >= 0.6 is 11.6 Å². The van der Waals surface area contributed by atoms with Gasteiger partial charge < -0.3 is 5.73 Å². The molecular formula is C14H19ClFN. The average Bonchev–Trinajstić information content (AvgIpc) is 2.22. The second kappa shape index (κ2) is 4.95. The predicted octanol–water partition coefficient (Wildman–Crippen LogP) is 3.93. The van der Waals surface area contributed by atoms with E-state index in [-0.39, 0.29) is 11.4 Å². The summed E-state index contributed by atoms with van der Waals surface area (Å²) in [6.45, 7) is 2.22. The highest BCUT2D eigenvalue weighted by Crippen LogP contribution is 2.33. The molecule has 1 saturated carbocycles. The molecule has 0 saturated heterocycles. The molecule has 3 heteroatoms. The average molecular weight is 256 g/mol. The first-order valence-corrected chi connectivity index (χ1v) is 6.59. The van der Waals surface area contributed by atoms with Crippen LogP contribution in [0, 0.1) is 11.7 Å². The number of nitrogens with two attached hydrogens (primary N) is 1. The van der Waals surface area contributed by atoms with E-state index in [0.29, 0.717) is 22.9 Å². The van der Waals surface area contributed by atoms with Gasteiger partial charge in [-0.15, -0.1) is 0 Å². The number of halogens is 2. The topological polar surface area (TPSA) is 26.0 Å². The fourth-order valence-corrected chi connectivity index (χ4v) is 3.11. The van der Waals surface area contributed by atoms with Gasteiger partial charge in [-0.25, -0.2) is 4.39 Å². The van der Waals surface area contributed by atoms with E-state index >= 15 is 0 Å². The van der Waals surface area contributed by atoms with Crippen molar-refractivity contribution in [3.63, 3.8) is 0 Å². The van der Waals surface area contributed by atoms with Gasteiger partial charge in [-0.2, -0.15) is 0 Å². The Bertz CT molecular complexity index is 407. The summed E-state index contributed by atoms with van der Waals surface area (Å²) in [6, 6.07) is 4.70. The zero-order chi connectivity index (χ0) is 12.5. The molecule has 0 heterocycles. The van der Waals surface area contributed by atoms with Crippen LogP contribution in [-0.4, -0.2) is 5.54 Å². The van der Waals surface area contributed by atoms with Crippen molar-refractivity contribution in [2.75, 3.05) is 0 Å². The highest BCUT2D eigenvalue weighted by Gasteiger charge is 2.31. The molecule has 0 spiro atoms. The number of hydrogen-bond acceptors (Lipinski definition) is 1. The quantitative estimate of drug-likeness (QED) is 0.851. The molecule has 0 aromatic heterocycles. The minimum atomic E-state index is -0.261. The van der Waals surface area contributed by atoms with Crippen LogP contribution in [0.25, 0.3) is 0 Å². The molecule has 0 bridgehead atoms. The molecule has 1 aliphatic rings. The minimum Gasteiger partial charge on any atom is -0.325 e. The van der Waals surface area contributed by atoms with E-state index in [1.165, 1.54) is 12.5 Å². The van der Waals surface area contributed by atoms with Gasteiger partial charge in [0.15, 0.2) is 0 Å². The van der Waals surface area contributed by atoms with Gasteiger partial charge in [-0.1, -0.05) is 31.4 Å². The Morgan fingerprint density at radius 3 is 3.00 bits per heavy atom. The molecule has 2 rings (SSSR count). The third kappa shape index (κ3) is 3.20. The van der Waals surface area contributed by atoms with Gasteiger partial charge in [0.05, 0.1) is 0 Å². The fourth-order valence-electron chi connectivity index (χ4n) is 2.92. The van der Waals surface area contributed by atoms with Gasteiger partial charge in [-0.05, 0) is 48.9 Å². The maximum absolute atomic E-state index is 13.7. The molecule has 1 aliphatic carbocycles. The SMILES string of the molecule is CC1CCCC(N)(Cc2cc(Cl)ccc2F)C1. The van der Waals surface area contributed by atoms with Crippen LogP contribution in [0.5, 0.6) is 0 Å². The number of benzene rings is 1. The Kier molecular flexibility index (Phi) is 3.74. The van der Waals surface area contributed by atoms with Gasteiger partial charge in [0, 0.05) is 10.6 Å². The van der Waals surface area contributed by atoms with E-state index in [4.69, 9.17) is 17.3 Å². The van der Waals surface area contributed by atoms with Crippen molar-refractivity contribution in [3.05, 3.63) is 34.6 Å². The Hall–Kier alpha value is -0.600. The number of rotatable bonds is 2. The van der Waals surface area contributed by atoms with Crippen molar-refractivity contribution in [1.82, 2.24) is 0 Å². The normalized spacial score (nSPS) is 29.3. The molecule has 2 N–H and O–H groups in total. The highest BCUT2D eigenvalue weighted by molar-refractivity contribution is 6.30. The molecule has 1 nitrogen and oxygen atoms in total. The Balaban J connectivity index is 2.16. The summed E-state index contributed by atoms with van der Waals surface area (Å²) < 4.78 is 13.7. The lowest BCUT2D eigenvalue weighted by Gasteiger charge is -2.37. The monoisotopic (exact) mass is 255 g/mol. The van der Waals surface area contributed by atoms with Crippen molar-refractivity contribution in [3.8, 4) is 0 Å². The molecule has 0 aliphatic heterocycles. The first-order chi connectivity index (χ1) is 7.98. The van der Waals surface area contributed by atoms with Crippen LogP contribution < -0.4 is 5.73 Å². The molecule has 2 unspecified atom stereocenters. The molecule has 1 fully saturated rings. The molecule has 1 aromatic rings. The van der Waals surface area contributed by atoms with E-state index in [2.05, 4.69) is 6.92 Å². The van der Waals surface area contributed by atoms with Gasteiger partial charge in [0.25, 0.3) is 0 Å². The minimum absolute atomic E-state index is 0.197. The van der Waals surface area contributed by atoms with Crippen molar-refractivity contribution in [2.45, 2.75) is 44.6 Å². The molecule has 1 aromatic carbocycles. The van der Waals surface area contributed by atoms with Crippen LogP contribution in [0.2, 0.25) is 5.02 Å². The van der Waals surface area contributed by atoms with E-state index < -0.39 is 0 Å². The molecular weight excluding hydrogens is 237 g/mol. The summed E-state index contributed by atoms with van der Waals surface area (Å²) >= 11 is 5.90. The van der Waals surface area contributed by atoms with Gasteiger partial charge in [0.1, 0.15) is 5.82 Å². The van der Waals surface area contributed by atoms with E-state index in [1.54, 1.807) is 12.1 Å². The van der Waals surface area contributed by atoms with Crippen molar-refractivity contribution < 1.29 is 4.39 Å². The van der Waals surface area contributed by atoms with Gasteiger partial charge in [0.2, 0.25) is 0 Å². The van der Waals surface area contributed by atoms with Crippen LogP contribution in [-0.2, 0) is 6.42 Å². The van der Waals surface area contributed by atoms with Gasteiger partial charge in [-0.3, -0.25) is 0 Å². The van der Waals surface area contributed by atoms with Gasteiger partial charge >= 0.3 is 0 Å². The van der Waals surface area contributed by atoms with Crippen LogP contribution in [0.15, 0.2) is 18.2 Å². The largest absolute Gasteiger partial charge is 0.325 e. The predicted molar refractivity (Wildman–Crippen MR) is 69.7 cm³/mol. The van der Waals surface area contributed by atoms with E-state index in [1.807, 2.05) is 0 Å². The molecule has 0 radical (unpaired) electrons. The summed E-state index contributed by atoms with van der Waals surface area (Å²) in [6.07, 6.45) is 4.91. The van der Waals surface area contributed by atoms with Crippen LogP contribution in [0.4, 0.5) is 4.39 Å². The Labute approximate surface area is 107 Å². The van der Waals surface area contributed by atoms with E-state index in [9.17, 15) is 4.39 Å². The summed E-state index contributed by atoms with van der Waals surface area (Å²) in [7, 11) is 0. The lowest BCUT2D eigenvalue weighted by atomic mass is 9.74. The summed E-state index contributed by atoms with van der Waals surface area (Å²) in [5, 5.41) is 0.578. The standard InChI is InChI=1S/C14H19ClFN/c1-10-3-2-6-14(17,8-10)9-11-7-12(15)4-5-13(11)16/h4-5,7,10H,2-3,6,8-9,17H2,1H3. The zero-order valence-electron chi connectivity index (χ0n) is 10.2. The van der Waals surface area contributed by atoms with Crippen molar-refractivity contribution >= 4 is 11.6 Å². The summed E-state index contributed by atoms with van der Waals surface area (Å²) in [4.78, 5) is 0. The second-order valence-electron chi connectivity index (χ2n) is 5.48. The highest BCUT2D eigenvalue weighted by atomic mass is 35.5. The Morgan fingerprint density at radius 1 is 1.53 bits per heavy atom. The third-order valence-corrected chi connectivity index (χ3v) is 3.91. The zero-order valence-corrected chi connectivity index (χ0v) is 10.9. The van der Waals surface area contributed by atoms with Crippen molar-refractivity contribution in [2.24, 2.45) is 11.7 Å². The summed E-state index contributed by atoms with van der Waals surface area (Å²) in [5.41, 5.74) is 6.78. The number of hydrogen-bond donors (Lipinski definition) is 1. The smallest absolute Gasteiger partial charge is 0.126 e. The maximum Gasteiger partial charge on any atom is 0.126 e. The first kappa shape index (κ1) is 12.8. The fraction of sp³-hybridized carbons (Fsp3) is 0.571. The summed E-state index contributed by atoms with van der Waals surface area (Å²) in [5.74, 6) is 0.438.